The zero-order chi connectivity index (χ0) is 10.4. The Morgan fingerprint density at radius 2 is 2.20 bits per heavy atom. The first-order valence-corrected chi connectivity index (χ1v) is 5.59. The Balaban J connectivity index is 2.09. The van der Waals surface area contributed by atoms with Gasteiger partial charge in [0.15, 0.2) is 5.65 Å². The fourth-order valence-corrected chi connectivity index (χ4v) is 1.85. The summed E-state index contributed by atoms with van der Waals surface area (Å²) in [4.78, 5) is 12.2. The van der Waals surface area contributed by atoms with E-state index in [1.807, 2.05) is 6.20 Å². The molecule has 2 aromatic heterocycles. The van der Waals surface area contributed by atoms with Crippen LogP contribution in [0.2, 0.25) is 0 Å². The third-order valence-corrected chi connectivity index (χ3v) is 2.97. The lowest BCUT2D eigenvalue weighted by molar-refractivity contribution is 0.798. The van der Waals surface area contributed by atoms with Crippen LogP contribution in [0.15, 0.2) is 12.3 Å². The van der Waals surface area contributed by atoms with Crippen molar-refractivity contribution in [1.82, 2.24) is 15.0 Å². The molecule has 0 atom stereocenters. The SMILES string of the molecule is CC(C)c1nc2ncc(C3CC3)cc2[nH]1. The van der Waals surface area contributed by atoms with Crippen molar-refractivity contribution in [2.75, 3.05) is 0 Å². The Morgan fingerprint density at radius 1 is 1.40 bits per heavy atom. The molecular formula is C12H15N3. The zero-order valence-corrected chi connectivity index (χ0v) is 9.12. The van der Waals surface area contributed by atoms with E-state index in [2.05, 4.69) is 34.9 Å². The third-order valence-electron chi connectivity index (χ3n) is 2.97. The molecule has 1 N–H and O–H groups in total. The van der Waals surface area contributed by atoms with Crippen molar-refractivity contribution in [3.8, 4) is 0 Å². The first-order valence-electron chi connectivity index (χ1n) is 5.59. The highest BCUT2D eigenvalue weighted by Gasteiger charge is 2.24. The summed E-state index contributed by atoms with van der Waals surface area (Å²) in [6, 6.07) is 2.21. The molecule has 2 heterocycles. The second-order valence-corrected chi connectivity index (χ2v) is 4.69. The normalized spacial score (nSPS) is 16.5. The average Bonchev–Trinajstić information content (AvgIpc) is 2.96. The van der Waals surface area contributed by atoms with Gasteiger partial charge in [-0.2, -0.15) is 0 Å². The van der Waals surface area contributed by atoms with E-state index in [9.17, 15) is 0 Å². The fourth-order valence-electron chi connectivity index (χ4n) is 1.85. The molecule has 0 spiro atoms. The number of pyridine rings is 1. The number of hydrogen-bond acceptors (Lipinski definition) is 2. The Bertz CT molecular complexity index is 495. The largest absolute Gasteiger partial charge is 0.340 e. The standard InChI is InChI=1S/C12H15N3/c1-7(2)11-14-10-5-9(8-3-4-8)6-13-12(10)15-11/h5-8H,3-4H2,1-2H3,(H,13,14,15). The summed E-state index contributed by atoms with van der Waals surface area (Å²) in [6.45, 7) is 4.28. The molecule has 3 heteroatoms. The summed E-state index contributed by atoms with van der Waals surface area (Å²) < 4.78 is 0. The number of nitrogens with one attached hydrogen (secondary N) is 1. The second kappa shape index (κ2) is 3.05. The average molecular weight is 201 g/mol. The van der Waals surface area contributed by atoms with Gasteiger partial charge in [0.05, 0.1) is 5.52 Å². The smallest absolute Gasteiger partial charge is 0.177 e. The van der Waals surface area contributed by atoms with Gasteiger partial charge in [-0.1, -0.05) is 13.8 Å². The molecule has 1 aliphatic carbocycles. The van der Waals surface area contributed by atoms with Crippen LogP contribution in [0.5, 0.6) is 0 Å². The van der Waals surface area contributed by atoms with Crippen LogP contribution < -0.4 is 0 Å². The zero-order valence-electron chi connectivity index (χ0n) is 9.12. The molecule has 1 saturated carbocycles. The van der Waals surface area contributed by atoms with Gasteiger partial charge in [0.1, 0.15) is 5.82 Å². The Morgan fingerprint density at radius 3 is 2.87 bits per heavy atom. The van der Waals surface area contributed by atoms with Crippen LogP contribution in [0.1, 0.15) is 49.9 Å². The maximum atomic E-state index is 4.47. The van der Waals surface area contributed by atoms with Gasteiger partial charge in [0.2, 0.25) is 0 Å². The Kier molecular flexibility index (Phi) is 1.81. The molecule has 0 radical (unpaired) electrons. The van der Waals surface area contributed by atoms with Crippen LogP contribution in [0.4, 0.5) is 0 Å². The lowest BCUT2D eigenvalue weighted by Gasteiger charge is -1.96. The molecule has 0 aliphatic heterocycles. The number of H-pyrrole nitrogens is 1. The van der Waals surface area contributed by atoms with Gasteiger partial charge in [0.25, 0.3) is 0 Å². The topological polar surface area (TPSA) is 41.6 Å². The Hall–Kier alpha value is -1.38. The highest BCUT2D eigenvalue weighted by molar-refractivity contribution is 5.71. The lowest BCUT2D eigenvalue weighted by atomic mass is 10.2. The van der Waals surface area contributed by atoms with Crippen LogP contribution in [0.3, 0.4) is 0 Å². The summed E-state index contributed by atoms with van der Waals surface area (Å²) in [7, 11) is 0. The van der Waals surface area contributed by atoms with Gasteiger partial charge in [-0.15, -0.1) is 0 Å². The van der Waals surface area contributed by atoms with Crippen molar-refractivity contribution in [1.29, 1.82) is 0 Å². The number of aromatic amines is 1. The maximum absolute atomic E-state index is 4.47. The van der Waals surface area contributed by atoms with Crippen LogP contribution in [-0.4, -0.2) is 15.0 Å². The van der Waals surface area contributed by atoms with Gasteiger partial charge in [0, 0.05) is 12.1 Å². The van der Waals surface area contributed by atoms with E-state index >= 15 is 0 Å². The molecule has 0 unspecified atom stereocenters. The van der Waals surface area contributed by atoms with Crippen LogP contribution in [0, 0.1) is 0 Å². The van der Waals surface area contributed by atoms with E-state index in [1.165, 1.54) is 18.4 Å². The number of imidazole rings is 1. The van der Waals surface area contributed by atoms with E-state index in [0.29, 0.717) is 5.92 Å². The van der Waals surface area contributed by atoms with Gasteiger partial charge in [-0.3, -0.25) is 0 Å². The molecule has 78 valence electrons. The first kappa shape index (κ1) is 8.89. The molecule has 1 aliphatic rings. The summed E-state index contributed by atoms with van der Waals surface area (Å²) in [5, 5.41) is 0. The fraction of sp³-hybridized carbons (Fsp3) is 0.500. The van der Waals surface area contributed by atoms with E-state index in [-0.39, 0.29) is 0 Å². The highest BCUT2D eigenvalue weighted by atomic mass is 15.0. The minimum Gasteiger partial charge on any atom is -0.340 e. The van der Waals surface area contributed by atoms with E-state index in [0.717, 1.165) is 22.9 Å². The second-order valence-electron chi connectivity index (χ2n) is 4.69. The van der Waals surface area contributed by atoms with Gasteiger partial charge >= 0.3 is 0 Å². The third kappa shape index (κ3) is 1.52. The van der Waals surface area contributed by atoms with Crippen LogP contribution in [0.25, 0.3) is 11.2 Å². The number of nitrogens with zero attached hydrogens (tertiary/aromatic N) is 2. The van der Waals surface area contributed by atoms with Crippen molar-refractivity contribution in [3.05, 3.63) is 23.7 Å². The van der Waals surface area contributed by atoms with Gasteiger partial charge in [-0.05, 0) is 30.4 Å². The number of rotatable bonds is 2. The van der Waals surface area contributed by atoms with Crippen LogP contribution >= 0.6 is 0 Å². The summed E-state index contributed by atoms with van der Waals surface area (Å²) in [6.07, 6.45) is 4.61. The summed E-state index contributed by atoms with van der Waals surface area (Å²) >= 11 is 0. The number of aromatic nitrogens is 3. The van der Waals surface area contributed by atoms with Crippen molar-refractivity contribution >= 4 is 11.2 Å². The first-order chi connectivity index (χ1) is 7.24. The van der Waals surface area contributed by atoms with Crippen molar-refractivity contribution < 1.29 is 0 Å². The molecule has 1 fully saturated rings. The van der Waals surface area contributed by atoms with Gasteiger partial charge in [-0.25, -0.2) is 9.97 Å². The number of fused-ring (bicyclic) bond motifs is 1. The van der Waals surface area contributed by atoms with E-state index < -0.39 is 0 Å². The Labute approximate surface area is 88.9 Å². The monoisotopic (exact) mass is 201 g/mol. The maximum Gasteiger partial charge on any atom is 0.177 e. The molecule has 0 amide bonds. The minimum absolute atomic E-state index is 0.434. The van der Waals surface area contributed by atoms with Crippen LogP contribution in [-0.2, 0) is 0 Å². The molecule has 3 nitrogen and oxygen atoms in total. The molecule has 0 bridgehead atoms. The van der Waals surface area contributed by atoms with Crippen molar-refractivity contribution in [3.63, 3.8) is 0 Å². The molecule has 15 heavy (non-hydrogen) atoms. The molecule has 0 saturated heterocycles. The molecular weight excluding hydrogens is 186 g/mol. The molecule has 0 aromatic carbocycles. The quantitative estimate of drug-likeness (QED) is 0.811. The predicted molar refractivity (Wildman–Crippen MR) is 60.0 cm³/mol. The minimum atomic E-state index is 0.434. The lowest BCUT2D eigenvalue weighted by Crippen LogP contribution is -1.88. The summed E-state index contributed by atoms with van der Waals surface area (Å²) in [5.41, 5.74) is 3.30. The molecule has 3 rings (SSSR count). The highest BCUT2D eigenvalue weighted by Crippen LogP contribution is 2.40. The predicted octanol–water partition coefficient (Wildman–Crippen LogP) is 2.96. The number of hydrogen-bond donors (Lipinski definition) is 1. The van der Waals surface area contributed by atoms with Crippen molar-refractivity contribution in [2.45, 2.75) is 38.5 Å². The molecule has 2 aromatic rings. The summed E-state index contributed by atoms with van der Waals surface area (Å²) in [5.74, 6) is 2.22. The van der Waals surface area contributed by atoms with E-state index in [1.54, 1.807) is 0 Å². The van der Waals surface area contributed by atoms with Crippen molar-refractivity contribution in [2.24, 2.45) is 0 Å². The van der Waals surface area contributed by atoms with E-state index in [4.69, 9.17) is 0 Å². The van der Waals surface area contributed by atoms with Gasteiger partial charge < -0.3 is 4.98 Å².